The van der Waals surface area contributed by atoms with E-state index in [1.807, 2.05) is 19.1 Å². The highest BCUT2D eigenvalue weighted by Crippen LogP contribution is 2.39. The SMILES string of the molecule is COc1ncccc1-c1c(C(=O)O)n(Cc2cc(F)ccc2F)c2ccc(C)cc12. The summed E-state index contributed by atoms with van der Waals surface area (Å²) in [6.07, 6.45) is 1.55. The third-order valence-electron chi connectivity index (χ3n) is 4.99. The first kappa shape index (κ1) is 19.6. The zero-order valence-electron chi connectivity index (χ0n) is 16.3. The van der Waals surface area contributed by atoms with Crippen molar-refractivity contribution in [2.45, 2.75) is 13.5 Å². The molecule has 0 atom stereocenters. The number of aromatic carboxylic acids is 1. The second-order valence-corrected chi connectivity index (χ2v) is 6.93. The summed E-state index contributed by atoms with van der Waals surface area (Å²) in [5.74, 6) is -2.12. The first-order valence-corrected chi connectivity index (χ1v) is 9.20. The van der Waals surface area contributed by atoms with Gasteiger partial charge >= 0.3 is 5.97 Å². The number of carboxylic acid groups (broad SMARTS) is 1. The Hall–Kier alpha value is -3.74. The summed E-state index contributed by atoms with van der Waals surface area (Å²) < 4.78 is 34.9. The minimum atomic E-state index is -1.19. The van der Waals surface area contributed by atoms with Crippen molar-refractivity contribution in [3.63, 3.8) is 0 Å². The number of benzene rings is 2. The number of hydrogen-bond acceptors (Lipinski definition) is 3. The van der Waals surface area contributed by atoms with Crippen molar-refractivity contribution in [3.05, 3.63) is 83.2 Å². The van der Waals surface area contributed by atoms with Crippen LogP contribution >= 0.6 is 0 Å². The van der Waals surface area contributed by atoms with Crippen LogP contribution in [0.25, 0.3) is 22.0 Å². The molecule has 0 amide bonds. The average Bonchev–Trinajstić information content (AvgIpc) is 3.04. The summed E-state index contributed by atoms with van der Waals surface area (Å²) in [6, 6.07) is 12.0. The van der Waals surface area contributed by atoms with E-state index in [0.29, 0.717) is 22.0 Å². The smallest absolute Gasteiger partial charge is 0.353 e. The molecule has 2 aromatic heterocycles. The average molecular weight is 408 g/mol. The van der Waals surface area contributed by atoms with Crippen LogP contribution < -0.4 is 4.74 Å². The molecule has 0 bridgehead atoms. The lowest BCUT2D eigenvalue weighted by Crippen LogP contribution is -2.12. The molecule has 0 aliphatic rings. The maximum atomic E-state index is 14.3. The lowest BCUT2D eigenvalue weighted by atomic mass is 10.0. The van der Waals surface area contributed by atoms with E-state index in [1.54, 1.807) is 24.4 Å². The molecule has 2 heterocycles. The number of methoxy groups -OCH3 is 1. The Morgan fingerprint density at radius 1 is 1.17 bits per heavy atom. The number of halogens is 2. The van der Waals surface area contributed by atoms with Crippen molar-refractivity contribution < 1.29 is 23.4 Å². The van der Waals surface area contributed by atoms with E-state index in [2.05, 4.69) is 4.98 Å². The van der Waals surface area contributed by atoms with E-state index >= 15 is 0 Å². The Kier molecular flexibility index (Phi) is 4.95. The van der Waals surface area contributed by atoms with Gasteiger partial charge < -0.3 is 14.4 Å². The molecule has 1 N–H and O–H groups in total. The Bertz CT molecular complexity index is 1280. The van der Waals surface area contributed by atoms with E-state index in [0.717, 1.165) is 23.8 Å². The molecule has 0 fully saturated rings. The number of aromatic nitrogens is 2. The Morgan fingerprint density at radius 3 is 2.70 bits per heavy atom. The standard InChI is InChI=1S/C23H18F2N2O3/c1-13-5-8-19-17(10-13)20(16-4-3-9-26-22(16)30-2)21(23(28)29)27(19)12-14-11-15(24)6-7-18(14)25/h3-11H,12H2,1-2H3,(H,28,29). The lowest BCUT2D eigenvalue weighted by Gasteiger charge is -2.11. The number of hydrogen-bond donors (Lipinski definition) is 1. The topological polar surface area (TPSA) is 64.3 Å². The molecule has 0 aliphatic carbocycles. The minimum Gasteiger partial charge on any atom is -0.481 e. The molecule has 0 unspecified atom stereocenters. The van der Waals surface area contributed by atoms with Gasteiger partial charge in [-0.25, -0.2) is 18.6 Å². The highest BCUT2D eigenvalue weighted by Gasteiger charge is 2.26. The molecule has 0 spiro atoms. The third-order valence-corrected chi connectivity index (χ3v) is 4.99. The number of aryl methyl sites for hydroxylation is 1. The predicted octanol–water partition coefficient (Wildman–Crippen LogP) is 5.05. The van der Waals surface area contributed by atoms with Gasteiger partial charge in [-0.05, 0) is 49.4 Å². The monoisotopic (exact) mass is 408 g/mol. The molecule has 0 saturated heterocycles. The van der Waals surface area contributed by atoms with Gasteiger partial charge in [0, 0.05) is 33.8 Å². The van der Waals surface area contributed by atoms with Crippen LogP contribution in [0.5, 0.6) is 5.88 Å². The number of ether oxygens (including phenoxy) is 1. The predicted molar refractivity (Wildman–Crippen MR) is 109 cm³/mol. The van der Waals surface area contributed by atoms with Crippen LogP contribution in [0, 0.1) is 18.6 Å². The number of carboxylic acids is 1. The van der Waals surface area contributed by atoms with Crippen LogP contribution in [-0.4, -0.2) is 27.7 Å². The van der Waals surface area contributed by atoms with Gasteiger partial charge in [-0.2, -0.15) is 0 Å². The Labute approximate surface area is 171 Å². The second-order valence-electron chi connectivity index (χ2n) is 6.93. The van der Waals surface area contributed by atoms with Crippen molar-refractivity contribution in [2.24, 2.45) is 0 Å². The zero-order valence-corrected chi connectivity index (χ0v) is 16.3. The van der Waals surface area contributed by atoms with Crippen LogP contribution in [0.3, 0.4) is 0 Å². The van der Waals surface area contributed by atoms with E-state index in [-0.39, 0.29) is 23.7 Å². The van der Waals surface area contributed by atoms with Crippen molar-refractivity contribution in [3.8, 4) is 17.0 Å². The van der Waals surface area contributed by atoms with Crippen molar-refractivity contribution >= 4 is 16.9 Å². The van der Waals surface area contributed by atoms with Crippen molar-refractivity contribution in [1.82, 2.24) is 9.55 Å². The van der Waals surface area contributed by atoms with Crippen LogP contribution in [0.4, 0.5) is 8.78 Å². The Morgan fingerprint density at radius 2 is 1.97 bits per heavy atom. The molecule has 0 saturated carbocycles. The molecule has 4 aromatic rings. The molecule has 152 valence electrons. The maximum Gasteiger partial charge on any atom is 0.353 e. The van der Waals surface area contributed by atoms with Crippen LogP contribution in [0.15, 0.2) is 54.7 Å². The first-order chi connectivity index (χ1) is 14.4. The third kappa shape index (κ3) is 3.28. The fourth-order valence-corrected chi connectivity index (χ4v) is 3.71. The molecule has 2 aromatic carbocycles. The van der Waals surface area contributed by atoms with Gasteiger partial charge in [-0.3, -0.25) is 0 Å². The summed E-state index contributed by atoms with van der Waals surface area (Å²) in [5.41, 5.74) is 2.44. The van der Waals surface area contributed by atoms with Crippen LogP contribution in [-0.2, 0) is 6.54 Å². The van der Waals surface area contributed by atoms with Crippen molar-refractivity contribution in [2.75, 3.05) is 7.11 Å². The lowest BCUT2D eigenvalue weighted by molar-refractivity contribution is 0.0687. The van der Waals surface area contributed by atoms with Gasteiger partial charge in [-0.15, -0.1) is 0 Å². The van der Waals surface area contributed by atoms with Crippen LogP contribution in [0.2, 0.25) is 0 Å². The molecular formula is C23H18F2N2O3. The highest BCUT2D eigenvalue weighted by molar-refractivity contribution is 6.09. The molecule has 5 nitrogen and oxygen atoms in total. The quantitative estimate of drug-likeness (QED) is 0.502. The number of rotatable bonds is 5. The van der Waals surface area contributed by atoms with Gasteiger partial charge in [0.1, 0.15) is 17.3 Å². The largest absolute Gasteiger partial charge is 0.481 e. The minimum absolute atomic E-state index is 0.0504. The van der Waals surface area contributed by atoms with E-state index < -0.39 is 17.6 Å². The van der Waals surface area contributed by atoms with E-state index in [4.69, 9.17) is 4.74 Å². The van der Waals surface area contributed by atoms with Gasteiger partial charge in [0.15, 0.2) is 0 Å². The number of carbonyl (C=O) groups is 1. The normalized spacial score (nSPS) is 11.1. The van der Waals surface area contributed by atoms with E-state index in [1.165, 1.54) is 11.7 Å². The number of fused-ring (bicyclic) bond motifs is 1. The Balaban J connectivity index is 2.07. The number of pyridine rings is 1. The van der Waals surface area contributed by atoms with Gasteiger partial charge in [0.2, 0.25) is 5.88 Å². The van der Waals surface area contributed by atoms with Gasteiger partial charge in [-0.1, -0.05) is 11.6 Å². The second kappa shape index (κ2) is 7.59. The fourth-order valence-electron chi connectivity index (χ4n) is 3.71. The van der Waals surface area contributed by atoms with Crippen LogP contribution in [0.1, 0.15) is 21.6 Å². The maximum absolute atomic E-state index is 14.3. The summed E-state index contributed by atoms with van der Waals surface area (Å²) in [7, 11) is 1.46. The molecule has 4 rings (SSSR count). The first-order valence-electron chi connectivity index (χ1n) is 9.20. The molecule has 0 aliphatic heterocycles. The molecule has 7 heteroatoms. The van der Waals surface area contributed by atoms with E-state index in [9.17, 15) is 18.7 Å². The van der Waals surface area contributed by atoms with Gasteiger partial charge in [0.25, 0.3) is 0 Å². The van der Waals surface area contributed by atoms with Crippen molar-refractivity contribution in [1.29, 1.82) is 0 Å². The molecular weight excluding hydrogens is 390 g/mol. The van der Waals surface area contributed by atoms with Gasteiger partial charge in [0.05, 0.1) is 13.7 Å². The molecule has 0 radical (unpaired) electrons. The summed E-state index contributed by atoms with van der Waals surface area (Å²) >= 11 is 0. The highest BCUT2D eigenvalue weighted by atomic mass is 19.1. The summed E-state index contributed by atoms with van der Waals surface area (Å²) in [4.78, 5) is 16.6. The summed E-state index contributed by atoms with van der Waals surface area (Å²) in [6.45, 7) is 1.75. The fraction of sp³-hybridized carbons (Fsp3) is 0.130. The molecule has 30 heavy (non-hydrogen) atoms. The number of nitrogens with zero attached hydrogens (tertiary/aromatic N) is 2. The summed E-state index contributed by atoms with van der Waals surface area (Å²) in [5, 5.41) is 10.8. The zero-order chi connectivity index (χ0) is 21.4.